The first-order chi connectivity index (χ1) is 10.1. The molecule has 3 aromatic rings. The molecule has 0 amide bonds. The van der Waals surface area contributed by atoms with Crippen molar-refractivity contribution in [3.05, 3.63) is 82.6 Å². The van der Waals surface area contributed by atoms with E-state index in [0.29, 0.717) is 21.2 Å². The largest absolute Gasteiger partial charge is 0.206 e. The van der Waals surface area contributed by atoms with Crippen molar-refractivity contribution in [3.8, 4) is 22.3 Å². The molecule has 0 heterocycles. The summed E-state index contributed by atoms with van der Waals surface area (Å²) in [6.45, 7) is 0. The predicted molar refractivity (Wildman–Crippen MR) is 87.3 cm³/mol. The Morgan fingerprint density at radius 3 is 1.90 bits per heavy atom. The number of halogens is 3. The van der Waals surface area contributed by atoms with Crippen molar-refractivity contribution in [3.63, 3.8) is 0 Å². The molecule has 0 radical (unpaired) electrons. The maximum absolute atomic E-state index is 14.8. The Bertz CT molecular complexity index is 779. The van der Waals surface area contributed by atoms with Crippen LogP contribution >= 0.6 is 23.2 Å². The van der Waals surface area contributed by atoms with E-state index >= 15 is 0 Å². The van der Waals surface area contributed by atoms with Crippen molar-refractivity contribution in [1.29, 1.82) is 0 Å². The maximum Gasteiger partial charge on any atom is 0.138 e. The fourth-order valence-corrected chi connectivity index (χ4v) is 2.58. The van der Waals surface area contributed by atoms with Crippen LogP contribution in [0.15, 0.2) is 66.7 Å². The Morgan fingerprint density at radius 1 is 0.619 bits per heavy atom. The highest BCUT2D eigenvalue weighted by Crippen LogP contribution is 2.32. The van der Waals surface area contributed by atoms with Gasteiger partial charge in [-0.3, -0.25) is 0 Å². The molecule has 0 bridgehead atoms. The van der Waals surface area contributed by atoms with E-state index in [2.05, 4.69) is 0 Å². The Kier molecular flexibility index (Phi) is 3.96. The van der Waals surface area contributed by atoms with Crippen molar-refractivity contribution in [2.75, 3.05) is 0 Å². The molecule has 0 aliphatic carbocycles. The van der Waals surface area contributed by atoms with E-state index in [0.717, 1.165) is 11.1 Å². The minimum atomic E-state index is -0.262. The molecule has 3 rings (SSSR count). The lowest BCUT2D eigenvalue weighted by molar-refractivity contribution is 0.635. The van der Waals surface area contributed by atoms with Gasteiger partial charge in [-0.25, -0.2) is 4.39 Å². The van der Waals surface area contributed by atoms with E-state index in [-0.39, 0.29) is 5.82 Å². The normalized spacial score (nSPS) is 10.6. The highest BCUT2D eigenvalue weighted by Gasteiger charge is 2.11. The number of hydrogen-bond donors (Lipinski definition) is 0. The third kappa shape index (κ3) is 2.94. The monoisotopic (exact) mass is 316 g/mol. The summed E-state index contributed by atoms with van der Waals surface area (Å²) in [4.78, 5) is 0. The fourth-order valence-electron chi connectivity index (χ4n) is 2.26. The minimum absolute atomic E-state index is 0.262. The molecule has 0 spiro atoms. The number of benzene rings is 3. The first-order valence-electron chi connectivity index (χ1n) is 6.45. The van der Waals surface area contributed by atoms with Gasteiger partial charge in [-0.2, -0.15) is 0 Å². The number of hydrogen-bond acceptors (Lipinski definition) is 0. The quantitative estimate of drug-likeness (QED) is 0.508. The van der Waals surface area contributed by atoms with Crippen LogP contribution in [0.2, 0.25) is 10.0 Å². The molecular weight excluding hydrogens is 306 g/mol. The van der Waals surface area contributed by atoms with Crippen LogP contribution in [-0.4, -0.2) is 0 Å². The summed E-state index contributed by atoms with van der Waals surface area (Å²) < 4.78 is 14.8. The first kappa shape index (κ1) is 14.1. The average Bonchev–Trinajstić information content (AvgIpc) is 2.48. The molecule has 0 N–H and O–H groups in total. The van der Waals surface area contributed by atoms with Gasteiger partial charge in [-0.1, -0.05) is 65.7 Å². The van der Waals surface area contributed by atoms with Crippen molar-refractivity contribution in [2.45, 2.75) is 0 Å². The van der Waals surface area contributed by atoms with Crippen molar-refractivity contribution in [1.82, 2.24) is 0 Å². The van der Waals surface area contributed by atoms with Gasteiger partial charge in [0.1, 0.15) is 5.82 Å². The van der Waals surface area contributed by atoms with Gasteiger partial charge in [-0.15, -0.1) is 0 Å². The number of rotatable bonds is 2. The molecule has 0 unspecified atom stereocenters. The zero-order valence-corrected chi connectivity index (χ0v) is 12.5. The molecule has 0 nitrogen and oxygen atoms in total. The predicted octanol–water partition coefficient (Wildman–Crippen LogP) is 6.47. The van der Waals surface area contributed by atoms with E-state index in [1.807, 2.05) is 30.3 Å². The van der Waals surface area contributed by atoms with Gasteiger partial charge in [0.2, 0.25) is 0 Å². The molecule has 0 aromatic heterocycles. The van der Waals surface area contributed by atoms with Gasteiger partial charge < -0.3 is 0 Å². The van der Waals surface area contributed by atoms with Crippen molar-refractivity contribution in [2.24, 2.45) is 0 Å². The average molecular weight is 317 g/mol. The van der Waals surface area contributed by atoms with Crippen LogP contribution in [0.4, 0.5) is 4.39 Å². The second-order valence-electron chi connectivity index (χ2n) is 4.68. The molecule has 0 saturated carbocycles. The Morgan fingerprint density at radius 2 is 1.24 bits per heavy atom. The third-order valence-electron chi connectivity index (χ3n) is 3.29. The standard InChI is InChI=1S/C18H11Cl2F/c19-14-9-7-12(8-10-14)16-5-2-6-17(18(16)21)13-3-1-4-15(20)11-13/h1-11H. The van der Waals surface area contributed by atoms with Crippen LogP contribution in [0.3, 0.4) is 0 Å². The lowest BCUT2D eigenvalue weighted by atomic mass is 9.98. The van der Waals surface area contributed by atoms with E-state index in [4.69, 9.17) is 23.2 Å². The molecule has 0 saturated heterocycles. The highest BCUT2D eigenvalue weighted by atomic mass is 35.5. The second kappa shape index (κ2) is 5.88. The summed E-state index contributed by atoms with van der Waals surface area (Å²) in [7, 11) is 0. The molecule has 3 aromatic carbocycles. The summed E-state index contributed by atoms with van der Waals surface area (Å²) >= 11 is 11.9. The first-order valence-corrected chi connectivity index (χ1v) is 7.21. The molecule has 3 heteroatoms. The van der Waals surface area contributed by atoms with E-state index in [9.17, 15) is 4.39 Å². The lowest BCUT2D eigenvalue weighted by Crippen LogP contribution is -1.89. The molecular formula is C18H11Cl2F. The van der Waals surface area contributed by atoms with Gasteiger partial charge in [0.25, 0.3) is 0 Å². The molecule has 0 aliphatic heterocycles. The zero-order valence-electron chi connectivity index (χ0n) is 11.0. The van der Waals surface area contributed by atoms with E-state index < -0.39 is 0 Å². The van der Waals surface area contributed by atoms with Crippen LogP contribution in [0.1, 0.15) is 0 Å². The van der Waals surface area contributed by atoms with Gasteiger partial charge in [0.05, 0.1) is 0 Å². The summed E-state index contributed by atoms with van der Waals surface area (Å²) in [6, 6.07) is 19.6. The Labute approximate surface area is 132 Å². The Hall–Kier alpha value is -1.83. The van der Waals surface area contributed by atoms with Gasteiger partial charge in [-0.05, 0) is 35.4 Å². The van der Waals surface area contributed by atoms with Crippen molar-refractivity contribution < 1.29 is 4.39 Å². The van der Waals surface area contributed by atoms with Crippen LogP contribution < -0.4 is 0 Å². The van der Waals surface area contributed by atoms with Gasteiger partial charge >= 0.3 is 0 Å². The summed E-state index contributed by atoms with van der Waals surface area (Å²) in [5.74, 6) is -0.262. The molecule has 0 fully saturated rings. The molecule has 21 heavy (non-hydrogen) atoms. The zero-order chi connectivity index (χ0) is 14.8. The summed E-state index contributed by atoms with van der Waals surface area (Å²) in [6.07, 6.45) is 0. The van der Waals surface area contributed by atoms with E-state index in [1.54, 1.807) is 36.4 Å². The van der Waals surface area contributed by atoms with Crippen LogP contribution in [-0.2, 0) is 0 Å². The van der Waals surface area contributed by atoms with Crippen LogP contribution in [0.25, 0.3) is 22.3 Å². The van der Waals surface area contributed by atoms with Crippen LogP contribution in [0.5, 0.6) is 0 Å². The van der Waals surface area contributed by atoms with E-state index in [1.165, 1.54) is 0 Å². The topological polar surface area (TPSA) is 0 Å². The smallest absolute Gasteiger partial charge is 0.138 e. The molecule has 0 atom stereocenters. The van der Waals surface area contributed by atoms with Crippen LogP contribution in [0, 0.1) is 5.82 Å². The lowest BCUT2D eigenvalue weighted by Gasteiger charge is -2.09. The molecule has 104 valence electrons. The maximum atomic E-state index is 14.8. The van der Waals surface area contributed by atoms with Gasteiger partial charge in [0.15, 0.2) is 0 Å². The fraction of sp³-hybridized carbons (Fsp3) is 0. The summed E-state index contributed by atoms with van der Waals surface area (Å²) in [5, 5.41) is 1.22. The van der Waals surface area contributed by atoms with Crippen molar-refractivity contribution >= 4 is 23.2 Å². The third-order valence-corrected chi connectivity index (χ3v) is 3.78. The summed E-state index contributed by atoms with van der Waals surface area (Å²) in [5.41, 5.74) is 2.63. The SMILES string of the molecule is Fc1c(-c2ccc(Cl)cc2)cccc1-c1cccc(Cl)c1. The molecule has 0 aliphatic rings. The van der Waals surface area contributed by atoms with Gasteiger partial charge in [0, 0.05) is 21.2 Å². The Balaban J connectivity index is 2.13. The minimum Gasteiger partial charge on any atom is -0.206 e. The second-order valence-corrected chi connectivity index (χ2v) is 5.56. The highest BCUT2D eigenvalue weighted by molar-refractivity contribution is 6.31.